The van der Waals surface area contributed by atoms with Crippen LogP contribution in [0, 0.1) is 0 Å². The van der Waals surface area contributed by atoms with Gasteiger partial charge in [0.1, 0.15) is 11.6 Å². The molecule has 20 heavy (non-hydrogen) atoms. The summed E-state index contributed by atoms with van der Waals surface area (Å²) in [5.41, 5.74) is -1.59. The molecule has 1 heterocycles. The summed E-state index contributed by atoms with van der Waals surface area (Å²) in [7, 11) is 0. The maximum absolute atomic E-state index is 12.3. The van der Waals surface area contributed by atoms with Gasteiger partial charge in [-0.15, -0.1) is 0 Å². The van der Waals surface area contributed by atoms with Gasteiger partial charge in [0.25, 0.3) is 11.7 Å². The molecule has 2 fully saturated rings. The molecule has 0 spiro atoms. The molecule has 2 N–H and O–H groups in total. The predicted molar refractivity (Wildman–Crippen MR) is 70.0 cm³/mol. The summed E-state index contributed by atoms with van der Waals surface area (Å²) in [5.74, 6) is -2.74. The van der Waals surface area contributed by atoms with Crippen LogP contribution in [-0.2, 0) is 14.4 Å². The van der Waals surface area contributed by atoms with Crippen molar-refractivity contribution < 1.29 is 24.6 Å². The highest BCUT2D eigenvalue weighted by molar-refractivity contribution is 6.39. The van der Waals surface area contributed by atoms with Crippen LogP contribution in [0.15, 0.2) is 0 Å². The van der Waals surface area contributed by atoms with E-state index in [-0.39, 0.29) is 6.54 Å². The lowest BCUT2D eigenvalue weighted by molar-refractivity contribution is -0.163. The van der Waals surface area contributed by atoms with E-state index in [2.05, 4.69) is 0 Å². The first kappa shape index (κ1) is 15.0. The Morgan fingerprint density at radius 3 is 2.25 bits per heavy atom. The van der Waals surface area contributed by atoms with Crippen LogP contribution < -0.4 is 0 Å². The molecule has 0 aromatic carbocycles. The van der Waals surface area contributed by atoms with Crippen LogP contribution in [0.1, 0.15) is 51.4 Å². The second-order valence-corrected chi connectivity index (χ2v) is 5.77. The molecular formula is C14H21NO5. The number of nitrogens with zero attached hydrogens (tertiary/aromatic N) is 1. The molecule has 2 rings (SSSR count). The number of Topliss-reactive ketones (excluding diaryl/α,β-unsaturated/α-hetero) is 1. The van der Waals surface area contributed by atoms with Gasteiger partial charge in [-0.1, -0.05) is 19.3 Å². The molecule has 0 bridgehead atoms. The number of aliphatic hydroxyl groups is 1. The first-order valence-corrected chi connectivity index (χ1v) is 7.26. The van der Waals surface area contributed by atoms with Gasteiger partial charge < -0.3 is 15.1 Å². The summed E-state index contributed by atoms with van der Waals surface area (Å²) in [6, 6.07) is -0.938. The largest absolute Gasteiger partial charge is 0.480 e. The minimum atomic E-state index is -1.59. The number of aliphatic carboxylic acids is 1. The average Bonchev–Trinajstić information content (AvgIpc) is 2.46. The van der Waals surface area contributed by atoms with Crippen LogP contribution in [0.25, 0.3) is 0 Å². The molecule has 1 aliphatic carbocycles. The van der Waals surface area contributed by atoms with Crippen molar-refractivity contribution in [1.29, 1.82) is 0 Å². The standard InChI is InChI=1S/C14H21NO5/c16-11(14(20)7-3-1-4-8-14)12(17)15-9-5-2-6-10(15)13(18)19/h10,20H,1-9H2,(H,18,19). The first-order chi connectivity index (χ1) is 9.46. The van der Waals surface area contributed by atoms with Crippen molar-refractivity contribution >= 4 is 17.7 Å². The molecule has 1 saturated heterocycles. The predicted octanol–water partition coefficient (Wildman–Crippen LogP) is 0.716. The molecule has 1 aliphatic heterocycles. The Morgan fingerprint density at radius 1 is 1.00 bits per heavy atom. The van der Waals surface area contributed by atoms with Gasteiger partial charge in [-0.25, -0.2) is 4.79 Å². The quantitative estimate of drug-likeness (QED) is 0.744. The summed E-state index contributed by atoms with van der Waals surface area (Å²) < 4.78 is 0. The van der Waals surface area contributed by atoms with Crippen LogP contribution in [0.3, 0.4) is 0 Å². The van der Waals surface area contributed by atoms with Crippen molar-refractivity contribution in [2.45, 2.75) is 63.0 Å². The molecule has 1 unspecified atom stereocenters. The van der Waals surface area contributed by atoms with E-state index in [9.17, 15) is 19.5 Å². The Morgan fingerprint density at radius 2 is 1.65 bits per heavy atom. The Kier molecular flexibility index (Phi) is 4.42. The van der Waals surface area contributed by atoms with E-state index in [1.54, 1.807) is 0 Å². The molecule has 0 aromatic rings. The zero-order valence-corrected chi connectivity index (χ0v) is 11.5. The third-order valence-electron chi connectivity index (χ3n) is 4.35. The van der Waals surface area contributed by atoms with Crippen LogP contribution in [-0.4, -0.2) is 51.0 Å². The molecule has 0 radical (unpaired) electrons. The Balaban J connectivity index is 2.12. The fourth-order valence-corrected chi connectivity index (χ4v) is 3.12. The van der Waals surface area contributed by atoms with Gasteiger partial charge in [0.15, 0.2) is 0 Å². The molecular weight excluding hydrogens is 262 g/mol. The van der Waals surface area contributed by atoms with E-state index in [4.69, 9.17) is 5.11 Å². The molecule has 0 aromatic heterocycles. The summed E-state index contributed by atoms with van der Waals surface area (Å²) in [4.78, 5) is 36.8. The molecule has 6 heteroatoms. The van der Waals surface area contributed by atoms with Crippen LogP contribution in [0.2, 0.25) is 0 Å². The fraction of sp³-hybridized carbons (Fsp3) is 0.786. The zero-order valence-electron chi connectivity index (χ0n) is 11.5. The van der Waals surface area contributed by atoms with Gasteiger partial charge >= 0.3 is 5.97 Å². The van der Waals surface area contributed by atoms with Crippen molar-refractivity contribution in [3.8, 4) is 0 Å². The first-order valence-electron chi connectivity index (χ1n) is 7.26. The van der Waals surface area contributed by atoms with Gasteiger partial charge in [0.05, 0.1) is 0 Å². The van der Waals surface area contributed by atoms with Crippen molar-refractivity contribution in [3.63, 3.8) is 0 Å². The van der Waals surface area contributed by atoms with Crippen LogP contribution >= 0.6 is 0 Å². The second-order valence-electron chi connectivity index (χ2n) is 5.77. The highest BCUT2D eigenvalue weighted by atomic mass is 16.4. The Bertz CT molecular complexity index is 414. The van der Waals surface area contributed by atoms with Gasteiger partial charge in [-0.05, 0) is 32.1 Å². The SMILES string of the molecule is O=C(O)C1CCCCN1C(=O)C(=O)C1(O)CCCCC1. The number of hydrogen-bond donors (Lipinski definition) is 2. The minimum Gasteiger partial charge on any atom is -0.480 e. The summed E-state index contributed by atoms with van der Waals surface area (Å²) in [6.45, 7) is 0.275. The number of rotatable bonds is 3. The van der Waals surface area contributed by atoms with Crippen LogP contribution in [0.4, 0.5) is 0 Å². The summed E-state index contributed by atoms with van der Waals surface area (Å²) in [5, 5.41) is 19.5. The number of carboxylic acid groups (broad SMARTS) is 1. The average molecular weight is 283 g/mol. The number of hydrogen-bond acceptors (Lipinski definition) is 4. The Labute approximate surface area is 117 Å². The molecule has 2 aliphatic rings. The maximum Gasteiger partial charge on any atom is 0.326 e. The number of amides is 1. The minimum absolute atomic E-state index is 0.275. The van der Waals surface area contributed by atoms with Gasteiger partial charge in [-0.2, -0.15) is 0 Å². The topological polar surface area (TPSA) is 94.9 Å². The molecule has 1 atom stereocenters. The highest BCUT2D eigenvalue weighted by Gasteiger charge is 2.45. The number of carbonyl (C=O) groups is 3. The zero-order chi connectivity index (χ0) is 14.8. The summed E-state index contributed by atoms with van der Waals surface area (Å²) in [6.07, 6.45) is 4.78. The lowest BCUT2D eigenvalue weighted by Crippen LogP contribution is -2.55. The molecule has 1 saturated carbocycles. The molecule has 1 amide bonds. The number of likely N-dealkylation sites (tertiary alicyclic amines) is 1. The lowest BCUT2D eigenvalue weighted by atomic mass is 9.81. The monoisotopic (exact) mass is 283 g/mol. The van der Waals surface area contributed by atoms with E-state index >= 15 is 0 Å². The number of piperidine rings is 1. The maximum atomic E-state index is 12.3. The number of carboxylic acids is 1. The van der Waals surface area contributed by atoms with E-state index in [0.717, 1.165) is 30.6 Å². The van der Waals surface area contributed by atoms with Crippen molar-refractivity contribution in [2.75, 3.05) is 6.54 Å². The normalized spacial score (nSPS) is 26.1. The molecule has 112 valence electrons. The van der Waals surface area contributed by atoms with Gasteiger partial charge in [0, 0.05) is 6.54 Å². The third-order valence-corrected chi connectivity index (χ3v) is 4.35. The van der Waals surface area contributed by atoms with E-state index in [1.807, 2.05) is 0 Å². The van der Waals surface area contributed by atoms with E-state index in [1.165, 1.54) is 0 Å². The van der Waals surface area contributed by atoms with Gasteiger partial charge in [-0.3, -0.25) is 9.59 Å². The van der Waals surface area contributed by atoms with Crippen molar-refractivity contribution in [2.24, 2.45) is 0 Å². The Hall–Kier alpha value is -1.43. The van der Waals surface area contributed by atoms with Gasteiger partial charge in [0.2, 0.25) is 0 Å². The van der Waals surface area contributed by atoms with Crippen molar-refractivity contribution in [3.05, 3.63) is 0 Å². The smallest absolute Gasteiger partial charge is 0.326 e. The van der Waals surface area contributed by atoms with Crippen molar-refractivity contribution in [1.82, 2.24) is 4.90 Å². The molecule has 6 nitrogen and oxygen atoms in total. The van der Waals surface area contributed by atoms with Crippen LogP contribution in [0.5, 0.6) is 0 Å². The van der Waals surface area contributed by atoms with E-state index in [0.29, 0.717) is 25.7 Å². The fourth-order valence-electron chi connectivity index (χ4n) is 3.12. The second kappa shape index (κ2) is 5.91. The highest BCUT2D eigenvalue weighted by Crippen LogP contribution is 2.30. The van der Waals surface area contributed by atoms with E-state index < -0.39 is 29.3 Å². The number of ketones is 1. The third kappa shape index (κ3) is 2.85. The number of carbonyl (C=O) groups excluding carboxylic acids is 2. The summed E-state index contributed by atoms with van der Waals surface area (Å²) >= 11 is 0. The lowest BCUT2D eigenvalue weighted by Gasteiger charge is -2.36.